The zero-order chi connectivity index (χ0) is 13.9. The number of fused-ring (bicyclic) bond motifs is 1. The van der Waals surface area contributed by atoms with E-state index in [1.54, 1.807) is 0 Å². The van der Waals surface area contributed by atoms with Crippen molar-refractivity contribution in [2.75, 3.05) is 26.2 Å². The van der Waals surface area contributed by atoms with Gasteiger partial charge in [0.05, 0.1) is 0 Å². The van der Waals surface area contributed by atoms with Gasteiger partial charge in [-0.3, -0.25) is 4.79 Å². The average molecular weight is 267 g/mol. The molecule has 4 nitrogen and oxygen atoms in total. The highest BCUT2D eigenvalue weighted by molar-refractivity contribution is 5.84. The Bertz CT molecular complexity index is 321. The minimum absolute atomic E-state index is 0.236. The van der Waals surface area contributed by atoms with Gasteiger partial charge in [0.1, 0.15) is 5.54 Å². The molecule has 0 aromatic heterocycles. The molecule has 0 aromatic rings. The molecule has 1 heterocycles. The third kappa shape index (κ3) is 3.48. The first-order valence-corrected chi connectivity index (χ1v) is 7.82. The first-order chi connectivity index (χ1) is 9.05. The second kappa shape index (κ2) is 6.23. The van der Waals surface area contributed by atoms with Gasteiger partial charge < -0.3 is 16.0 Å². The summed E-state index contributed by atoms with van der Waals surface area (Å²) >= 11 is 0. The lowest BCUT2D eigenvalue weighted by Gasteiger charge is -2.44. The number of carbonyl (C=O) groups is 1. The molecular weight excluding hydrogens is 238 g/mol. The summed E-state index contributed by atoms with van der Waals surface area (Å²) in [6.07, 6.45) is 6.88. The largest absolute Gasteiger partial charge is 0.368 e. The summed E-state index contributed by atoms with van der Waals surface area (Å²) in [6.45, 7) is 7.76. The maximum Gasteiger partial charge on any atom is 0.238 e. The van der Waals surface area contributed by atoms with Gasteiger partial charge in [-0.15, -0.1) is 0 Å². The summed E-state index contributed by atoms with van der Waals surface area (Å²) in [5.74, 6) is 1.55. The Balaban J connectivity index is 1.93. The van der Waals surface area contributed by atoms with Crippen molar-refractivity contribution < 1.29 is 4.79 Å². The summed E-state index contributed by atoms with van der Waals surface area (Å²) in [4.78, 5) is 14.1. The van der Waals surface area contributed by atoms with E-state index in [-0.39, 0.29) is 5.91 Å². The molecule has 1 amide bonds. The van der Waals surface area contributed by atoms with Crippen LogP contribution in [0.25, 0.3) is 0 Å². The van der Waals surface area contributed by atoms with Crippen LogP contribution >= 0.6 is 0 Å². The van der Waals surface area contributed by atoms with Crippen LogP contribution in [-0.4, -0.2) is 42.5 Å². The molecule has 110 valence electrons. The van der Waals surface area contributed by atoms with Gasteiger partial charge in [0.15, 0.2) is 0 Å². The Morgan fingerprint density at radius 3 is 2.63 bits per heavy atom. The molecule has 0 aromatic carbocycles. The van der Waals surface area contributed by atoms with Crippen molar-refractivity contribution in [3.63, 3.8) is 0 Å². The van der Waals surface area contributed by atoms with Crippen LogP contribution in [0.15, 0.2) is 0 Å². The number of likely N-dealkylation sites (N-methyl/N-ethyl adjacent to an activating group) is 1. The van der Waals surface area contributed by atoms with Crippen LogP contribution in [0.3, 0.4) is 0 Å². The highest BCUT2D eigenvalue weighted by Gasteiger charge is 2.36. The van der Waals surface area contributed by atoms with E-state index < -0.39 is 5.54 Å². The van der Waals surface area contributed by atoms with Gasteiger partial charge in [-0.05, 0) is 44.7 Å². The average Bonchev–Trinajstić information content (AvgIpc) is 2.38. The molecule has 0 bridgehead atoms. The number of nitrogens with two attached hydrogens (primary N) is 1. The lowest BCUT2D eigenvalue weighted by Crippen LogP contribution is -2.61. The Kier molecular flexibility index (Phi) is 4.85. The zero-order valence-electron chi connectivity index (χ0n) is 12.5. The Morgan fingerprint density at radius 2 is 2.00 bits per heavy atom. The van der Waals surface area contributed by atoms with Gasteiger partial charge in [-0.2, -0.15) is 0 Å². The number of amides is 1. The fourth-order valence-electron chi connectivity index (χ4n) is 3.88. The van der Waals surface area contributed by atoms with Crippen molar-refractivity contribution in [1.82, 2.24) is 10.2 Å². The minimum atomic E-state index is -0.587. The number of nitrogens with zero attached hydrogens (tertiary/aromatic N) is 1. The minimum Gasteiger partial charge on any atom is -0.368 e. The standard InChI is InChI=1S/C15H29N3O/c1-3-17-15(2,14(16)19)11-18-9-8-12-6-4-5-7-13(12)10-18/h12-13,17H,3-11H2,1-2H3,(H2,16,19). The molecule has 4 heteroatoms. The quantitative estimate of drug-likeness (QED) is 0.790. The second-order valence-corrected chi connectivity index (χ2v) is 6.56. The van der Waals surface area contributed by atoms with Gasteiger partial charge in [0.2, 0.25) is 5.91 Å². The number of piperidine rings is 1. The first-order valence-electron chi connectivity index (χ1n) is 7.82. The van der Waals surface area contributed by atoms with Crippen molar-refractivity contribution in [1.29, 1.82) is 0 Å². The van der Waals surface area contributed by atoms with Crippen molar-refractivity contribution in [2.24, 2.45) is 17.6 Å². The topological polar surface area (TPSA) is 58.4 Å². The van der Waals surface area contributed by atoms with Crippen LogP contribution in [-0.2, 0) is 4.79 Å². The highest BCUT2D eigenvalue weighted by Crippen LogP contribution is 2.36. The summed E-state index contributed by atoms with van der Waals surface area (Å²) < 4.78 is 0. The molecule has 1 saturated heterocycles. The molecule has 0 spiro atoms. The van der Waals surface area contributed by atoms with Gasteiger partial charge >= 0.3 is 0 Å². The van der Waals surface area contributed by atoms with Crippen molar-refractivity contribution in [3.05, 3.63) is 0 Å². The lowest BCUT2D eigenvalue weighted by molar-refractivity contribution is -0.125. The lowest BCUT2D eigenvalue weighted by atomic mass is 9.75. The third-order valence-electron chi connectivity index (χ3n) is 5.03. The van der Waals surface area contributed by atoms with Crippen LogP contribution in [0, 0.1) is 11.8 Å². The summed E-state index contributed by atoms with van der Waals surface area (Å²) in [6, 6.07) is 0. The van der Waals surface area contributed by atoms with Crippen molar-refractivity contribution in [2.45, 2.75) is 51.5 Å². The SMILES string of the molecule is CCNC(C)(CN1CCC2CCCCC2C1)C(N)=O. The van der Waals surface area contributed by atoms with Gasteiger partial charge in [0, 0.05) is 13.1 Å². The Labute approximate surface area is 117 Å². The molecule has 3 atom stereocenters. The maximum absolute atomic E-state index is 11.7. The van der Waals surface area contributed by atoms with E-state index >= 15 is 0 Å². The van der Waals surface area contributed by atoms with E-state index in [9.17, 15) is 4.79 Å². The van der Waals surface area contributed by atoms with Crippen LogP contribution in [0.4, 0.5) is 0 Å². The molecule has 3 unspecified atom stereocenters. The number of hydrogen-bond acceptors (Lipinski definition) is 3. The Morgan fingerprint density at radius 1 is 1.32 bits per heavy atom. The van der Waals surface area contributed by atoms with Crippen LogP contribution in [0.1, 0.15) is 46.0 Å². The van der Waals surface area contributed by atoms with Crippen LogP contribution in [0.2, 0.25) is 0 Å². The summed E-state index contributed by atoms with van der Waals surface area (Å²) in [7, 11) is 0. The van der Waals surface area contributed by atoms with Gasteiger partial charge in [-0.1, -0.05) is 26.2 Å². The molecule has 2 rings (SSSR count). The molecule has 0 radical (unpaired) electrons. The third-order valence-corrected chi connectivity index (χ3v) is 5.03. The predicted octanol–water partition coefficient (Wildman–Crippen LogP) is 1.35. The molecule has 2 aliphatic rings. The predicted molar refractivity (Wildman–Crippen MR) is 77.8 cm³/mol. The molecule has 2 fully saturated rings. The fraction of sp³-hybridized carbons (Fsp3) is 0.933. The number of nitrogens with one attached hydrogen (secondary N) is 1. The second-order valence-electron chi connectivity index (χ2n) is 6.56. The van der Waals surface area contributed by atoms with Crippen molar-refractivity contribution >= 4 is 5.91 Å². The first kappa shape index (κ1) is 14.8. The normalized spacial score (nSPS) is 31.5. The van der Waals surface area contributed by atoms with Crippen molar-refractivity contribution in [3.8, 4) is 0 Å². The number of likely N-dealkylation sites (tertiary alicyclic amines) is 1. The molecule has 1 aliphatic heterocycles. The van der Waals surface area contributed by atoms with E-state index in [0.29, 0.717) is 0 Å². The summed E-state index contributed by atoms with van der Waals surface area (Å²) in [5.41, 5.74) is 4.99. The summed E-state index contributed by atoms with van der Waals surface area (Å²) in [5, 5.41) is 3.26. The molecule has 1 aliphatic carbocycles. The number of rotatable bonds is 5. The molecular formula is C15H29N3O. The molecule has 19 heavy (non-hydrogen) atoms. The van der Waals surface area contributed by atoms with Crippen LogP contribution in [0.5, 0.6) is 0 Å². The van der Waals surface area contributed by atoms with Gasteiger partial charge in [0.25, 0.3) is 0 Å². The monoisotopic (exact) mass is 267 g/mol. The molecule has 1 saturated carbocycles. The Hall–Kier alpha value is -0.610. The number of hydrogen-bond donors (Lipinski definition) is 2. The smallest absolute Gasteiger partial charge is 0.238 e. The fourth-order valence-corrected chi connectivity index (χ4v) is 3.88. The number of primary amides is 1. The zero-order valence-corrected chi connectivity index (χ0v) is 12.5. The van der Waals surface area contributed by atoms with E-state index in [0.717, 1.165) is 38.0 Å². The van der Waals surface area contributed by atoms with E-state index in [1.807, 2.05) is 13.8 Å². The van der Waals surface area contributed by atoms with Crippen LogP contribution < -0.4 is 11.1 Å². The van der Waals surface area contributed by atoms with E-state index in [4.69, 9.17) is 5.73 Å². The maximum atomic E-state index is 11.7. The molecule has 3 N–H and O–H groups in total. The van der Waals surface area contributed by atoms with Gasteiger partial charge in [-0.25, -0.2) is 0 Å². The number of carbonyl (C=O) groups excluding carboxylic acids is 1. The van der Waals surface area contributed by atoms with E-state index in [1.165, 1.54) is 32.1 Å². The van der Waals surface area contributed by atoms with E-state index in [2.05, 4.69) is 10.2 Å². The highest BCUT2D eigenvalue weighted by atomic mass is 16.1.